The van der Waals surface area contributed by atoms with E-state index in [0.29, 0.717) is 0 Å². The fourth-order valence-corrected chi connectivity index (χ4v) is 3.15. The summed E-state index contributed by atoms with van der Waals surface area (Å²) < 4.78 is 10.7. The van der Waals surface area contributed by atoms with Gasteiger partial charge in [0.15, 0.2) is 0 Å². The lowest BCUT2D eigenvalue weighted by molar-refractivity contribution is 0.163. The van der Waals surface area contributed by atoms with Crippen LogP contribution in [0.3, 0.4) is 0 Å². The van der Waals surface area contributed by atoms with Gasteiger partial charge in [0.1, 0.15) is 11.5 Å². The third-order valence-electron chi connectivity index (χ3n) is 4.48. The number of likely N-dealkylation sites (tertiary alicyclic amines) is 1. The Kier molecular flexibility index (Phi) is 5.88. The third-order valence-corrected chi connectivity index (χ3v) is 4.48. The molecular formula is C17H28N2O2. The summed E-state index contributed by atoms with van der Waals surface area (Å²) in [6, 6.07) is 5.84. The zero-order valence-electron chi connectivity index (χ0n) is 13.5. The van der Waals surface area contributed by atoms with Gasteiger partial charge in [0.05, 0.1) is 14.2 Å². The van der Waals surface area contributed by atoms with Crippen LogP contribution in [0.25, 0.3) is 0 Å². The molecule has 0 bridgehead atoms. The highest BCUT2D eigenvalue weighted by molar-refractivity contribution is 5.42. The zero-order chi connectivity index (χ0) is 15.2. The Labute approximate surface area is 128 Å². The van der Waals surface area contributed by atoms with Gasteiger partial charge in [0.25, 0.3) is 0 Å². The highest BCUT2D eigenvalue weighted by atomic mass is 16.5. The van der Waals surface area contributed by atoms with E-state index in [0.717, 1.165) is 36.1 Å². The molecule has 4 nitrogen and oxygen atoms in total. The standard InChI is InChI=1S/C17H28N2O2/c1-4-13-6-5-9-19(11-13)12-16(18)15-8-7-14(20-2)10-17(15)21-3/h7-8,10,13,16H,4-6,9,11-12,18H2,1-3H3. The third kappa shape index (κ3) is 4.11. The lowest BCUT2D eigenvalue weighted by atomic mass is 9.95. The second-order valence-electron chi connectivity index (χ2n) is 5.89. The Morgan fingerprint density at radius 3 is 2.81 bits per heavy atom. The number of piperidine rings is 1. The second-order valence-corrected chi connectivity index (χ2v) is 5.89. The maximum atomic E-state index is 6.42. The molecule has 118 valence electrons. The maximum absolute atomic E-state index is 6.42. The molecule has 1 aromatic carbocycles. The van der Waals surface area contributed by atoms with E-state index in [1.807, 2.05) is 18.2 Å². The van der Waals surface area contributed by atoms with Crippen LogP contribution < -0.4 is 15.2 Å². The number of nitrogens with two attached hydrogens (primary N) is 1. The van der Waals surface area contributed by atoms with Crippen molar-refractivity contribution < 1.29 is 9.47 Å². The van der Waals surface area contributed by atoms with Gasteiger partial charge in [-0.1, -0.05) is 19.4 Å². The number of ether oxygens (including phenoxy) is 2. The summed E-state index contributed by atoms with van der Waals surface area (Å²) in [5.74, 6) is 2.43. The molecule has 4 heteroatoms. The number of benzene rings is 1. The van der Waals surface area contributed by atoms with Crippen molar-refractivity contribution in [3.63, 3.8) is 0 Å². The molecule has 2 rings (SSSR count). The van der Waals surface area contributed by atoms with Crippen molar-refractivity contribution in [1.82, 2.24) is 4.90 Å². The highest BCUT2D eigenvalue weighted by Gasteiger charge is 2.22. The van der Waals surface area contributed by atoms with E-state index in [2.05, 4.69) is 11.8 Å². The zero-order valence-corrected chi connectivity index (χ0v) is 13.5. The van der Waals surface area contributed by atoms with Crippen LogP contribution >= 0.6 is 0 Å². The molecule has 21 heavy (non-hydrogen) atoms. The van der Waals surface area contributed by atoms with Crippen molar-refractivity contribution in [1.29, 1.82) is 0 Å². The van der Waals surface area contributed by atoms with Gasteiger partial charge >= 0.3 is 0 Å². The Hall–Kier alpha value is -1.26. The number of nitrogens with zero attached hydrogens (tertiary/aromatic N) is 1. The molecule has 2 N–H and O–H groups in total. The largest absolute Gasteiger partial charge is 0.497 e. The van der Waals surface area contributed by atoms with Crippen LogP contribution in [0.2, 0.25) is 0 Å². The molecule has 0 radical (unpaired) electrons. The van der Waals surface area contributed by atoms with Crippen LogP contribution in [0.5, 0.6) is 11.5 Å². The Morgan fingerprint density at radius 2 is 2.14 bits per heavy atom. The van der Waals surface area contributed by atoms with Crippen LogP contribution in [0.4, 0.5) is 0 Å². The van der Waals surface area contributed by atoms with Crippen LogP contribution in [0.1, 0.15) is 37.8 Å². The monoisotopic (exact) mass is 292 g/mol. The second kappa shape index (κ2) is 7.66. The predicted octanol–water partition coefficient (Wildman–Crippen LogP) is 2.83. The molecule has 1 aliphatic rings. The van der Waals surface area contributed by atoms with Gasteiger partial charge < -0.3 is 20.1 Å². The van der Waals surface area contributed by atoms with Gasteiger partial charge in [-0.25, -0.2) is 0 Å². The summed E-state index contributed by atoms with van der Waals surface area (Å²) in [5.41, 5.74) is 7.47. The molecular weight excluding hydrogens is 264 g/mol. The van der Waals surface area contributed by atoms with Crippen LogP contribution in [-0.2, 0) is 0 Å². The van der Waals surface area contributed by atoms with Crippen molar-refractivity contribution in [2.45, 2.75) is 32.2 Å². The van der Waals surface area contributed by atoms with Gasteiger partial charge in [0.2, 0.25) is 0 Å². The molecule has 0 aromatic heterocycles. The quantitative estimate of drug-likeness (QED) is 0.876. The van der Waals surface area contributed by atoms with Crippen molar-refractivity contribution in [3.05, 3.63) is 23.8 Å². The van der Waals surface area contributed by atoms with Gasteiger partial charge in [-0.05, 0) is 31.4 Å². The molecule has 2 atom stereocenters. The van der Waals surface area contributed by atoms with E-state index in [1.165, 1.54) is 25.8 Å². The van der Waals surface area contributed by atoms with Gasteiger partial charge in [-0.2, -0.15) is 0 Å². The molecule has 1 aliphatic heterocycles. The smallest absolute Gasteiger partial charge is 0.127 e. The first kappa shape index (κ1) is 16.1. The molecule has 1 aromatic rings. The average molecular weight is 292 g/mol. The average Bonchev–Trinajstić information content (AvgIpc) is 2.54. The molecule has 0 amide bonds. The number of rotatable bonds is 6. The SMILES string of the molecule is CCC1CCCN(CC(N)c2ccc(OC)cc2OC)C1. The van der Waals surface area contributed by atoms with E-state index in [4.69, 9.17) is 15.2 Å². The Morgan fingerprint density at radius 1 is 1.33 bits per heavy atom. The molecule has 1 fully saturated rings. The Bertz CT molecular complexity index is 450. The molecule has 0 aliphatic carbocycles. The Balaban J connectivity index is 2.04. The first-order valence-electron chi connectivity index (χ1n) is 7.87. The topological polar surface area (TPSA) is 47.7 Å². The lowest BCUT2D eigenvalue weighted by Gasteiger charge is -2.34. The van der Waals surface area contributed by atoms with Crippen molar-refractivity contribution in [2.24, 2.45) is 11.7 Å². The van der Waals surface area contributed by atoms with E-state index in [-0.39, 0.29) is 6.04 Å². The summed E-state index contributed by atoms with van der Waals surface area (Å²) in [7, 11) is 3.34. The number of methoxy groups -OCH3 is 2. The molecule has 0 saturated carbocycles. The molecule has 1 saturated heterocycles. The van der Waals surface area contributed by atoms with Gasteiger partial charge in [0, 0.05) is 30.8 Å². The normalized spacial score (nSPS) is 21.0. The number of hydrogen-bond acceptors (Lipinski definition) is 4. The van der Waals surface area contributed by atoms with Crippen molar-refractivity contribution >= 4 is 0 Å². The minimum atomic E-state index is -0.0264. The van der Waals surface area contributed by atoms with E-state index in [1.54, 1.807) is 14.2 Å². The summed E-state index contributed by atoms with van der Waals surface area (Å²) >= 11 is 0. The fourth-order valence-electron chi connectivity index (χ4n) is 3.15. The first-order valence-corrected chi connectivity index (χ1v) is 7.87. The predicted molar refractivity (Wildman–Crippen MR) is 85.9 cm³/mol. The van der Waals surface area contributed by atoms with Crippen LogP contribution in [0.15, 0.2) is 18.2 Å². The molecule has 2 unspecified atom stereocenters. The fraction of sp³-hybridized carbons (Fsp3) is 0.647. The van der Waals surface area contributed by atoms with Gasteiger partial charge in [-0.3, -0.25) is 0 Å². The van der Waals surface area contributed by atoms with E-state index >= 15 is 0 Å². The van der Waals surface area contributed by atoms with Crippen LogP contribution in [0, 0.1) is 5.92 Å². The summed E-state index contributed by atoms with van der Waals surface area (Å²) in [4.78, 5) is 2.49. The van der Waals surface area contributed by atoms with Crippen molar-refractivity contribution in [3.8, 4) is 11.5 Å². The number of hydrogen-bond donors (Lipinski definition) is 1. The lowest BCUT2D eigenvalue weighted by Crippen LogP contribution is -2.39. The first-order chi connectivity index (χ1) is 10.2. The minimum Gasteiger partial charge on any atom is -0.497 e. The minimum absolute atomic E-state index is 0.0264. The summed E-state index contributed by atoms with van der Waals surface area (Å²) in [5, 5.41) is 0. The van der Waals surface area contributed by atoms with Gasteiger partial charge in [-0.15, -0.1) is 0 Å². The maximum Gasteiger partial charge on any atom is 0.127 e. The van der Waals surface area contributed by atoms with E-state index < -0.39 is 0 Å². The van der Waals surface area contributed by atoms with Crippen LogP contribution in [-0.4, -0.2) is 38.8 Å². The highest BCUT2D eigenvalue weighted by Crippen LogP contribution is 2.29. The van der Waals surface area contributed by atoms with Crippen molar-refractivity contribution in [2.75, 3.05) is 33.9 Å². The molecule has 1 heterocycles. The summed E-state index contributed by atoms with van der Waals surface area (Å²) in [6.45, 7) is 5.49. The summed E-state index contributed by atoms with van der Waals surface area (Å²) in [6.07, 6.45) is 3.90. The molecule has 0 spiro atoms. The van der Waals surface area contributed by atoms with E-state index in [9.17, 15) is 0 Å².